The number of rotatable bonds is 0. The maximum Gasteiger partial charge on any atom is 0.124 e. The summed E-state index contributed by atoms with van der Waals surface area (Å²) in [7, 11) is 0. The molecule has 0 radical (unpaired) electrons. The maximum absolute atomic E-state index is 5.37. The molecule has 0 fully saturated rings. The van der Waals surface area contributed by atoms with Crippen molar-refractivity contribution in [3.63, 3.8) is 0 Å². The van der Waals surface area contributed by atoms with Crippen LogP contribution in [-0.4, -0.2) is 4.98 Å². The average Bonchev–Trinajstić information content (AvgIpc) is 1.80. The fourth-order valence-electron chi connectivity index (χ4n) is 0.429. The minimum absolute atomic E-state index is 0.519. The van der Waals surface area contributed by atoms with Gasteiger partial charge >= 0.3 is 0 Å². The second kappa shape index (κ2) is 2.66. The Balaban J connectivity index is 3.17. The summed E-state index contributed by atoms with van der Waals surface area (Å²) in [5, 5.41) is 0. The van der Waals surface area contributed by atoms with Crippen molar-refractivity contribution in [2.75, 3.05) is 5.73 Å². The largest absolute Gasteiger partial charge is 0.384 e. The highest BCUT2D eigenvalue weighted by molar-refractivity contribution is 9.13. The molecule has 1 aromatic rings. The summed E-state index contributed by atoms with van der Waals surface area (Å²) in [5.74, 6) is 0.519. The smallest absolute Gasteiger partial charge is 0.124 e. The van der Waals surface area contributed by atoms with E-state index in [1.165, 1.54) is 0 Å². The monoisotopic (exact) mass is 250 g/mol. The number of hydrogen-bond donors (Lipinski definition) is 1. The number of nitrogens with zero attached hydrogens (tertiary/aromatic N) is 1. The molecule has 48 valence electrons. The number of nitrogen functional groups attached to an aromatic ring is 1. The van der Waals surface area contributed by atoms with Crippen molar-refractivity contribution in [1.29, 1.82) is 0 Å². The summed E-state index contributed by atoms with van der Waals surface area (Å²) >= 11 is 6.54. The highest BCUT2D eigenvalue weighted by Crippen LogP contribution is 2.22. The van der Waals surface area contributed by atoms with E-state index < -0.39 is 0 Å². The van der Waals surface area contributed by atoms with Gasteiger partial charge in [0.25, 0.3) is 0 Å². The van der Waals surface area contributed by atoms with Gasteiger partial charge in [-0.15, -0.1) is 0 Å². The zero-order valence-corrected chi connectivity index (χ0v) is 7.61. The first kappa shape index (κ1) is 7.02. The lowest BCUT2D eigenvalue weighted by atomic mass is 10.5. The molecule has 0 aliphatic carbocycles. The summed E-state index contributed by atoms with van der Waals surface area (Å²) in [6, 6.07) is 1.74. The van der Waals surface area contributed by atoms with E-state index in [-0.39, 0.29) is 0 Å². The quantitative estimate of drug-likeness (QED) is 0.768. The Hall–Kier alpha value is -0.0900. The molecule has 1 aromatic heterocycles. The van der Waals surface area contributed by atoms with E-state index in [4.69, 9.17) is 5.73 Å². The van der Waals surface area contributed by atoms with Gasteiger partial charge in [-0.25, -0.2) is 4.98 Å². The van der Waals surface area contributed by atoms with Crippen molar-refractivity contribution in [2.24, 2.45) is 0 Å². The first-order valence-electron chi connectivity index (χ1n) is 2.26. The Morgan fingerprint density at radius 1 is 1.33 bits per heavy atom. The third-order valence-corrected chi connectivity index (χ3v) is 2.65. The van der Waals surface area contributed by atoms with Gasteiger partial charge in [0.2, 0.25) is 0 Å². The molecular formula is C5H4Br2N2. The summed E-state index contributed by atoms with van der Waals surface area (Å²) in [6.07, 6.45) is 1.65. The van der Waals surface area contributed by atoms with Gasteiger partial charge in [0.05, 0.1) is 4.47 Å². The molecule has 2 nitrogen and oxygen atoms in total. The third kappa shape index (κ3) is 1.66. The lowest BCUT2D eigenvalue weighted by Gasteiger charge is -1.94. The standard InChI is InChI=1S/C5H4Br2N2/c6-3-1-5(8)9-2-4(3)7/h1-2H,(H2,8,9). The SMILES string of the molecule is Nc1cc(Br)c(Br)cn1. The molecule has 0 saturated heterocycles. The van der Waals surface area contributed by atoms with Crippen molar-refractivity contribution in [2.45, 2.75) is 0 Å². The van der Waals surface area contributed by atoms with Crippen molar-refractivity contribution in [3.05, 3.63) is 21.2 Å². The molecule has 0 aliphatic rings. The van der Waals surface area contributed by atoms with Crippen LogP contribution in [0.25, 0.3) is 0 Å². The third-order valence-electron chi connectivity index (χ3n) is 0.830. The van der Waals surface area contributed by atoms with Crippen LogP contribution in [0.15, 0.2) is 21.2 Å². The fraction of sp³-hybridized carbons (Fsp3) is 0. The summed E-state index contributed by atoms with van der Waals surface area (Å²) in [5.41, 5.74) is 5.37. The zero-order valence-electron chi connectivity index (χ0n) is 4.44. The predicted octanol–water partition coefficient (Wildman–Crippen LogP) is 2.19. The molecule has 0 aromatic carbocycles. The minimum atomic E-state index is 0.519. The molecule has 2 N–H and O–H groups in total. The van der Waals surface area contributed by atoms with E-state index in [2.05, 4.69) is 36.8 Å². The molecule has 0 atom stereocenters. The molecule has 0 spiro atoms. The van der Waals surface area contributed by atoms with Crippen LogP contribution in [0.3, 0.4) is 0 Å². The van der Waals surface area contributed by atoms with E-state index in [9.17, 15) is 0 Å². The maximum atomic E-state index is 5.37. The summed E-state index contributed by atoms with van der Waals surface area (Å²) in [4.78, 5) is 3.84. The average molecular weight is 252 g/mol. The first-order chi connectivity index (χ1) is 4.20. The summed E-state index contributed by atoms with van der Waals surface area (Å²) in [6.45, 7) is 0. The van der Waals surface area contributed by atoms with Crippen LogP contribution in [0.5, 0.6) is 0 Å². The van der Waals surface area contributed by atoms with Crippen LogP contribution in [-0.2, 0) is 0 Å². The Morgan fingerprint density at radius 2 is 2.00 bits per heavy atom. The normalized spacial score (nSPS) is 9.56. The zero-order chi connectivity index (χ0) is 6.85. The molecule has 1 rings (SSSR count). The van der Waals surface area contributed by atoms with Crippen molar-refractivity contribution in [3.8, 4) is 0 Å². The van der Waals surface area contributed by atoms with Crippen LogP contribution in [0.4, 0.5) is 5.82 Å². The second-order valence-corrected chi connectivity index (χ2v) is 3.23. The van der Waals surface area contributed by atoms with Gasteiger partial charge in [0.15, 0.2) is 0 Å². The van der Waals surface area contributed by atoms with E-state index >= 15 is 0 Å². The highest BCUT2D eigenvalue weighted by atomic mass is 79.9. The van der Waals surface area contributed by atoms with Crippen LogP contribution >= 0.6 is 31.9 Å². The van der Waals surface area contributed by atoms with Gasteiger partial charge in [-0.1, -0.05) is 0 Å². The van der Waals surface area contributed by atoms with Gasteiger partial charge in [-0.2, -0.15) is 0 Å². The van der Waals surface area contributed by atoms with Crippen molar-refractivity contribution in [1.82, 2.24) is 4.98 Å². The molecule has 0 unspecified atom stereocenters. The molecule has 4 heteroatoms. The van der Waals surface area contributed by atoms with Gasteiger partial charge in [-0.3, -0.25) is 0 Å². The molecule has 0 saturated carbocycles. The first-order valence-corrected chi connectivity index (χ1v) is 3.85. The Kier molecular flexibility index (Phi) is 2.08. The van der Waals surface area contributed by atoms with Gasteiger partial charge in [0.1, 0.15) is 5.82 Å². The van der Waals surface area contributed by atoms with Crippen LogP contribution in [0.1, 0.15) is 0 Å². The second-order valence-electron chi connectivity index (χ2n) is 1.52. The van der Waals surface area contributed by atoms with Crippen LogP contribution in [0, 0.1) is 0 Å². The molecule has 0 amide bonds. The molecule has 9 heavy (non-hydrogen) atoms. The van der Waals surface area contributed by atoms with E-state index in [0.717, 1.165) is 8.95 Å². The van der Waals surface area contributed by atoms with E-state index in [0.29, 0.717) is 5.82 Å². The number of halogens is 2. The molecule has 0 aliphatic heterocycles. The van der Waals surface area contributed by atoms with E-state index in [1.807, 2.05) is 0 Å². The fourth-order valence-corrected chi connectivity index (χ4v) is 0.983. The Morgan fingerprint density at radius 3 is 2.44 bits per heavy atom. The number of aromatic nitrogens is 1. The van der Waals surface area contributed by atoms with Gasteiger partial charge < -0.3 is 5.73 Å². The van der Waals surface area contributed by atoms with E-state index in [1.54, 1.807) is 12.3 Å². The predicted molar refractivity (Wildman–Crippen MR) is 44.0 cm³/mol. The topological polar surface area (TPSA) is 38.9 Å². The lowest BCUT2D eigenvalue weighted by molar-refractivity contribution is 1.30. The number of pyridine rings is 1. The molecule has 1 heterocycles. The molecule has 0 bridgehead atoms. The highest BCUT2D eigenvalue weighted by Gasteiger charge is 1.94. The van der Waals surface area contributed by atoms with Crippen LogP contribution < -0.4 is 5.73 Å². The summed E-state index contributed by atoms with van der Waals surface area (Å²) < 4.78 is 1.84. The lowest BCUT2D eigenvalue weighted by Crippen LogP contribution is -1.88. The van der Waals surface area contributed by atoms with Gasteiger partial charge in [0, 0.05) is 10.7 Å². The number of hydrogen-bond acceptors (Lipinski definition) is 2. The Labute approximate surface area is 69.7 Å². The van der Waals surface area contributed by atoms with Crippen molar-refractivity contribution >= 4 is 37.7 Å². The molecular weight excluding hydrogens is 248 g/mol. The number of anilines is 1. The Bertz CT molecular complexity index is 224. The van der Waals surface area contributed by atoms with Crippen molar-refractivity contribution < 1.29 is 0 Å². The van der Waals surface area contributed by atoms with Crippen LogP contribution in [0.2, 0.25) is 0 Å². The minimum Gasteiger partial charge on any atom is -0.384 e. The van der Waals surface area contributed by atoms with Gasteiger partial charge in [-0.05, 0) is 37.9 Å². The number of nitrogens with two attached hydrogens (primary N) is 1.